The minimum Gasteiger partial charge on any atom is -0.399 e. The molecule has 1 aromatic heterocycles. The highest BCUT2D eigenvalue weighted by Gasteiger charge is 2.51. The van der Waals surface area contributed by atoms with Gasteiger partial charge in [0.2, 0.25) is 5.91 Å². The summed E-state index contributed by atoms with van der Waals surface area (Å²) in [6.45, 7) is 2.03. The van der Waals surface area contributed by atoms with E-state index in [1.165, 1.54) is 0 Å². The summed E-state index contributed by atoms with van der Waals surface area (Å²) in [6, 6.07) is 7.60. The number of hydrogen-bond donors (Lipinski definition) is 2. The standard InChI is InChI=1S/C16H20N4O/c1-3-13-14(10-20(2)19-13)18-15(21)16(8-9-16)11-4-6-12(17)7-5-11/h4-7,10H,3,8-9,17H2,1-2H3,(H,18,21). The molecule has 0 saturated heterocycles. The molecule has 110 valence electrons. The summed E-state index contributed by atoms with van der Waals surface area (Å²) in [7, 11) is 1.86. The van der Waals surface area contributed by atoms with Crippen molar-refractivity contribution >= 4 is 17.3 Å². The van der Waals surface area contributed by atoms with Gasteiger partial charge in [-0.3, -0.25) is 9.48 Å². The van der Waals surface area contributed by atoms with Gasteiger partial charge in [0.25, 0.3) is 0 Å². The van der Waals surface area contributed by atoms with E-state index in [1.54, 1.807) is 4.68 Å². The van der Waals surface area contributed by atoms with Crippen LogP contribution in [0.3, 0.4) is 0 Å². The molecule has 1 aliphatic rings. The van der Waals surface area contributed by atoms with Crippen molar-refractivity contribution in [1.82, 2.24) is 9.78 Å². The van der Waals surface area contributed by atoms with E-state index in [1.807, 2.05) is 44.4 Å². The number of anilines is 2. The van der Waals surface area contributed by atoms with E-state index in [4.69, 9.17) is 5.73 Å². The van der Waals surface area contributed by atoms with Crippen molar-refractivity contribution in [2.75, 3.05) is 11.1 Å². The number of carbonyl (C=O) groups excluding carboxylic acids is 1. The molecule has 0 spiro atoms. The van der Waals surface area contributed by atoms with E-state index >= 15 is 0 Å². The smallest absolute Gasteiger partial charge is 0.235 e. The summed E-state index contributed by atoms with van der Waals surface area (Å²) in [5.41, 5.74) is 8.81. The van der Waals surface area contributed by atoms with E-state index < -0.39 is 5.41 Å². The lowest BCUT2D eigenvalue weighted by molar-refractivity contribution is -0.118. The number of nitrogen functional groups attached to an aromatic ring is 1. The van der Waals surface area contributed by atoms with Crippen LogP contribution in [-0.4, -0.2) is 15.7 Å². The normalized spacial score (nSPS) is 15.7. The average Bonchev–Trinajstić information content (AvgIpc) is 3.19. The molecule has 1 heterocycles. The van der Waals surface area contributed by atoms with Crippen molar-refractivity contribution in [2.45, 2.75) is 31.6 Å². The fourth-order valence-electron chi connectivity index (χ4n) is 2.72. The Morgan fingerprint density at radius 1 is 1.38 bits per heavy atom. The van der Waals surface area contributed by atoms with Gasteiger partial charge in [-0.2, -0.15) is 5.10 Å². The molecule has 1 fully saturated rings. The molecule has 0 atom stereocenters. The number of nitrogens with one attached hydrogen (secondary N) is 1. The maximum Gasteiger partial charge on any atom is 0.235 e. The Balaban J connectivity index is 1.83. The van der Waals surface area contributed by atoms with E-state index in [0.29, 0.717) is 0 Å². The fourth-order valence-corrected chi connectivity index (χ4v) is 2.72. The molecule has 2 aromatic rings. The number of hydrogen-bond acceptors (Lipinski definition) is 3. The van der Waals surface area contributed by atoms with Gasteiger partial charge in [0.15, 0.2) is 0 Å². The molecule has 1 saturated carbocycles. The Labute approximate surface area is 124 Å². The number of aromatic nitrogens is 2. The highest BCUT2D eigenvalue weighted by Crippen LogP contribution is 2.49. The van der Waals surface area contributed by atoms with E-state index in [2.05, 4.69) is 10.4 Å². The Kier molecular flexibility index (Phi) is 3.20. The predicted octanol–water partition coefficient (Wildman–Crippen LogP) is 2.24. The first-order chi connectivity index (χ1) is 10.0. The minimum absolute atomic E-state index is 0.0509. The van der Waals surface area contributed by atoms with Crippen LogP contribution in [0.2, 0.25) is 0 Å². The van der Waals surface area contributed by atoms with Gasteiger partial charge in [0.1, 0.15) is 0 Å². The average molecular weight is 284 g/mol. The second-order valence-corrected chi connectivity index (χ2v) is 5.67. The third kappa shape index (κ3) is 2.39. The second-order valence-electron chi connectivity index (χ2n) is 5.67. The third-order valence-corrected chi connectivity index (χ3v) is 4.14. The molecule has 3 N–H and O–H groups in total. The molecular formula is C16H20N4O. The van der Waals surface area contributed by atoms with Crippen LogP contribution >= 0.6 is 0 Å². The number of rotatable bonds is 4. The predicted molar refractivity (Wildman–Crippen MR) is 83.0 cm³/mol. The van der Waals surface area contributed by atoms with E-state index in [-0.39, 0.29) is 5.91 Å². The third-order valence-electron chi connectivity index (χ3n) is 4.14. The summed E-state index contributed by atoms with van der Waals surface area (Å²) in [4.78, 5) is 12.7. The lowest BCUT2D eigenvalue weighted by atomic mass is 9.94. The monoisotopic (exact) mass is 284 g/mol. The molecular weight excluding hydrogens is 264 g/mol. The van der Waals surface area contributed by atoms with Crippen LogP contribution in [0.4, 0.5) is 11.4 Å². The number of benzene rings is 1. The van der Waals surface area contributed by atoms with Crippen LogP contribution in [0.15, 0.2) is 30.5 Å². The highest BCUT2D eigenvalue weighted by atomic mass is 16.2. The maximum atomic E-state index is 12.7. The number of nitrogens with two attached hydrogens (primary N) is 1. The number of nitrogens with zero attached hydrogens (tertiary/aromatic N) is 2. The molecule has 1 aliphatic carbocycles. The van der Waals surface area contributed by atoms with Crippen LogP contribution in [0.25, 0.3) is 0 Å². The Morgan fingerprint density at radius 2 is 2.05 bits per heavy atom. The SMILES string of the molecule is CCc1nn(C)cc1NC(=O)C1(c2ccc(N)cc2)CC1. The molecule has 1 aromatic carbocycles. The lowest BCUT2D eigenvalue weighted by Gasteiger charge is -2.15. The molecule has 0 bridgehead atoms. The Morgan fingerprint density at radius 3 is 2.62 bits per heavy atom. The summed E-state index contributed by atoms with van der Waals surface area (Å²) in [5.74, 6) is 0.0509. The minimum atomic E-state index is -0.394. The summed E-state index contributed by atoms with van der Waals surface area (Å²) in [5, 5.41) is 7.40. The van der Waals surface area contributed by atoms with Crippen molar-refractivity contribution in [3.63, 3.8) is 0 Å². The van der Waals surface area contributed by atoms with Crippen LogP contribution in [-0.2, 0) is 23.7 Å². The Hall–Kier alpha value is -2.30. The summed E-state index contributed by atoms with van der Waals surface area (Å²) < 4.78 is 1.73. The molecule has 5 nitrogen and oxygen atoms in total. The van der Waals surface area contributed by atoms with Crippen molar-refractivity contribution < 1.29 is 4.79 Å². The summed E-state index contributed by atoms with van der Waals surface area (Å²) >= 11 is 0. The molecule has 0 aliphatic heterocycles. The van der Waals surface area contributed by atoms with Crippen molar-refractivity contribution in [1.29, 1.82) is 0 Å². The van der Waals surface area contributed by atoms with E-state index in [9.17, 15) is 4.79 Å². The van der Waals surface area contributed by atoms with Gasteiger partial charge < -0.3 is 11.1 Å². The fraction of sp³-hybridized carbons (Fsp3) is 0.375. The van der Waals surface area contributed by atoms with Crippen molar-refractivity contribution in [2.24, 2.45) is 7.05 Å². The zero-order valence-electron chi connectivity index (χ0n) is 12.4. The van der Waals surface area contributed by atoms with Gasteiger partial charge in [0.05, 0.1) is 16.8 Å². The zero-order valence-corrected chi connectivity index (χ0v) is 12.4. The first kappa shape index (κ1) is 13.7. The first-order valence-corrected chi connectivity index (χ1v) is 7.25. The Bertz CT molecular complexity index is 668. The van der Waals surface area contributed by atoms with Gasteiger partial charge in [0, 0.05) is 18.9 Å². The van der Waals surface area contributed by atoms with Gasteiger partial charge in [-0.25, -0.2) is 0 Å². The molecule has 0 unspecified atom stereocenters. The maximum absolute atomic E-state index is 12.7. The topological polar surface area (TPSA) is 72.9 Å². The van der Waals surface area contributed by atoms with Crippen LogP contribution in [0, 0.1) is 0 Å². The van der Waals surface area contributed by atoms with Gasteiger partial charge >= 0.3 is 0 Å². The van der Waals surface area contributed by atoms with Crippen LogP contribution in [0.1, 0.15) is 31.0 Å². The lowest BCUT2D eigenvalue weighted by Crippen LogP contribution is -2.28. The second kappa shape index (κ2) is 4.91. The molecule has 21 heavy (non-hydrogen) atoms. The van der Waals surface area contributed by atoms with Gasteiger partial charge in [-0.05, 0) is 37.0 Å². The van der Waals surface area contributed by atoms with Gasteiger partial charge in [-0.1, -0.05) is 19.1 Å². The molecule has 5 heteroatoms. The van der Waals surface area contributed by atoms with Crippen molar-refractivity contribution in [3.05, 3.63) is 41.7 Å². The molecule has 3 rings (SSSR count). The largest absolute Gasteiger partial charge is 0.399 e. The van der Waals surface area contributed by atoms with E-state index in [0.717, 1.165) is 41.9 Å². The molecule has 0 radical (unpaired) electrons. The van der Waals surface area contributed by atoms with Crippen LogP contribution in [0.5, 0.6) is 0 Å². The number of carbonyl (C=O) groups is 1. The first-order valence-electron chi connectivity index (χ1n) is 7.25. The number of aryl methyl sites for hydroxylation is 2. The quantitative estimate of drug-likeness (QED) is 0.846. The van der Waals surface area contributed by atoms with Crippen LogP contribution < -0.4 is 11.1 Å². The highest BCUT2D eigenvalue weighted by molar-refractivity contribution is 6.01. The zero-order chi connectivity index (χ0) is 15.0. The van der Waals surface area contributed by atoms with Crippen molar-refractivity contribution in [3.8, 4) is 0 Å². The van der Waals surface area contributed by atoms with Gasteiger partial charge in [-0.15, -0.1) is 0 Å². The number of amides is 1. The molecule has 1 amide bonds. The summed E-state index contributed by atoms with van der Waals surface area (Å²) in [6.07, 6.45) is 4.41.